The summed E-state index contributed by atoms with van der Waals surface area (Å²) in [5, 5.41) is 20.1. The SMILES string of the molecule is O=[N+]([O-])c1cc(Cl)ccc1OCC(O)CCl. The van der Waals surface area contributed by atoms with E-state index < -0.39 is 11.0 Å². The van der Waals surface area contributed by atoms with Crippen molar-refractivity contribution in [2.24, 2.45) is 0 Å². The standard InChI is InChI=1S/C9H9Cl2NO4/c10-4-7(13)5-16-9-2-1-6(11)3-8(9)12(14)15/h1-3,7,13H,4-5H2. The fraction of sp³-hybridized carbons (Fsp3) is 0.333. The highest BCUT2D eigenvalue weighted by atomic mass is 35.5. The van der Waals surface area contributed by atoms with Gasteiger partial charge in [0.25, 0.3) is 0 Å². The fourth-order valence-corrected chi connectivity index (χ4v) is 1.24. The molecule has 0 aliphatic carbocycles. The smallest absolute Gasteiger partial charge is 0.312 e. The first-order valence-electron chi connectivity index (χ1n) is 4.35. The van der Waals surface area contributed by atoms with Crippen LogP contribution in [0.4, 0.5) is 5.69 Å². The lowest BCUT2D eigenvalue weighted by Gasteiger charge is -2.09. The van der Waals surface area contributed by atoms with Crippen molar-refractivity contribution in [3.8, 4) is 5.75 Å². The molecule has 0 radical (unpaired) electrons. The van der Waals surface area contributed by atoms with Crippen molar-refractivity contribution >= 4 is 28.9 Å². The summed E-state index contributed by atoms with van der Waals surface area (Å²) in [4.78, 5) is 10.1. The first kappa shape index (κ1) is 13.0. The van der Waals surface area contributed by atoms with Crippen molar-refractivity contribution in [1.82, 2.24) is 0 Å². The van der Waals surface area contributed by atoms with Crippen LogP contribution in [0.25, 0.3) is 0 Å². The highest BCUT2D eigenvalue weighted by Gasteiger charge is 2.16. The minimum atomic E-state index is -0.864. The van der Waals surface area contributed by atoms with Gasteiger partial charge in [0.2, 0.25) is 0 Å². The monoisotopic (exact) mass is 265 g/mol. The molecule has 1 unspecified atom stereocenters. The Morgan fingerprint density at radius 1 is 1.56 bits per heavy atom. The Balaban J connectivity index is 2.82. The van der Waals surface area contributed by atoms with Gasteiger partial charge in [0.05, 0.1) is 10.8 Å². The first-order chi connectivity index (χ1) is 7.54. The lowest BCUT2D eigenvalue weighted by atomic mass is 10.3. The third-order valence-corrected chi connectivity index (χ3v) is 2.32. The van der Waals surface area contributed by atoms with Crippen molar-refractivity contribution in [3.05, 3.63) is 33.3 Å². The third-order valence-electron chi connectivity index (χ3n) is 1.73. The summed E-state index contributed by atoms with van der Waals surface area (Å²) in [6, 6.07) is 4.03. The van der Waals surface area contributed by atoms with Gasteiger partial charge in [0.1, 0.15) is 12.7 Å². The Hall–Kier alpha value is -1.04. The maximum atomic E-state index is 10.7. The van der Waals surface area contributed by atoms with Gasteiger partial charge in [0.15, 0.2) is 5.75 Å². The van der Waals surface area contributed by atoms with E-state index in [2.05, 4.69) is 0 Å². The van der Waals surface area contributed by atoms with Gasteiger partial charge in [-0.25, -0.2) is 0 Å². The van der Waals surface area contributed by atoms with E-state index in [0.717, 1.165) is 0 Å². The number of hydrogen-bond donors (Lipinski definition) is 1. The molecule has 1 aromatic carbocycles. The molecule has 0 saturated carbocycles. The van der Waals surface area contributed by atoms with Gasteiger partial charge in [-0.15, -0.1) is 11.6 Å². The Labute approximate surface area is 102 Å². The molecule has 7 heteroatoms. The zero-order chi connectivity index (χ0) is 12.1. The lowest BCUT2D eigenvalue weighted by Crippen LogP contribution is -2.19. The summed E-state index contributed by atoms with van der Waals surface area (Å²) in [5.41, 5.74) is -0.241. The van der Waals surface area contributed by atoms with Crippen LogP contribution >= 0.6 is 23.2 Å². The molecule has 0 aromatic heterocycles. The number of nitro benzene ring substituents is 1. The molecule has 0 aliphatic heterocycles. The highest BCUT2D eigenvalue weighted by molar-refractivity contribution is 6.30. The van der Waals surface area contributed by atoms with Crippen LogP contribution in [0.5, 0.6) is 5.75 Å². The number of nitro groups is 1. The highest BCUT2D eigenvalue weighted by Crippen LogP contribution is 2.29. The van der Waals surface area contributed by atoms with Crippen LogP contribution in [0.1, 0.15) is 0 Å². The van der Waals surface area contributed by atoms with Gasteiger partial charge in [-0.1, -0.05) is 11.6 Å². The summed E-state index contributed by atoms with van der Waals surface area (Å²) in [5.74, 6) is 0.0556. The predicted octanol–water partition coefficient (Wildman–Crippen LogP) is 2.23. The molecule has 88 valence electrons. The molecular formula is C9H9Cl2NO4. The van der Waals surface area contributed by atoms with Crippen molar-refractivity contribution in [3.63, 3.8) is 0 Å². The van der Waals surface area contributed by atoms with E-state index in [4.69, 9.17) is 33.0 Å². The Bertz CT molecular complexity index is 386. The number of halogens is 2. The molecule has 16 heavy (non-hydrogen) atoms. The molecule has 1 N–H and O–H groups in total. The zero-order valence-electron chi connectivity index (χ0n) is 8.10. The molecule has 0 amide bonds. The Kier molecular flexibility index (Phi) is 4.79. The number of nitrogens with zero attached hydrogens (tertiary/aromatic N) is 1. The van der Waals surface area contributed by atoms with Gasteiger partial charge in [0, 0.05) is 11.1 Å². The maximum absolute atomic E-state index is 10.7. The number of benzene rings is 1. The topological polar surface area (TPSA) is 72.6 Å². The number of alkyl halides is 1. The van der Waals surface area contributed by atoms with E-state index >= 15 is 0 Å². The molecule has 0 spiro atoms. The van der Waals surface area contributed by atoms with Gasteiger partial charge in [-0.05, 0) is 12.1 Å². The van der Waals surface area contributed by atoms with Crippen LogP contribution in [-0.4, -0.2) is 28.6 Å². The van der Waals surface area contributed by atoms with Crippen molar-refractivity contribution in [2.75, 3.05) is 12.5 Å². The summed E-state index contributed by atoms with van der Waals surface area (Å²) >= 11 is 11.0. The van der Waals surface area contributed by atoms with Crippen LogP contribution in [0.15, 0.2) is 18.2 Å². The Morgan fingerprint density at radius 2 is 2.25 bits per heavy atom. The summed E-state index contributed by atoms with van der Waals surface area (Å²) in [6.45, 7) is -0.105. The van der Waals surface area contributed by atoms with E-state index in [1.54, 1.807) is 0 Å². The quantitative estimate of drug-likeness (QED) is 0.504. The second kappa shape index (κ2) is 5.89. The third kappa shape index (κ3) is 3.52. The normalized spacial score (nSPS) is 12.2. The second-order valence-electron chi connectivity index (χ2n) is 2.99. The maximum Gasteiger partial charge on any atom is 0.312 e. The minimum absolute atomic E-state index is 0.00138. The molecule has 0 bridgehead atoms. The van der Waals surface area contributed by atoms with E-state index in [-0.39, 0.29) is 28.9 Å². The molecule has 1 aromatic rings. The van der Waals surface area contributed by atoms with Crippen LogP contribution in [0, 0.1) is 10.1 Å². The number of aliphatic hydroxyl groups is 1. The molecule has 5 nitrogen and oxygen atoms in total. The second-order valence-corrected chi connectivity index (χ2v) is 3.73. The summed E-state index contributed by atoms with van der Waals surface area (Å²) in [7, 11) is 0. The van der Waals surface area contributed by atoms with Crippen molar-refractivity contribution in [1.29, 1.82) is 0 Å². The predicted molar refractivity (Wildman–Crippen MR) is 60.3 cm³/mol. The Morgan fingerprint density at radius 3 is 2.81 bits per heavy atom. The molecule has 1 rings (SSSR count). The minimum Gasteiger partial charge on any atom is -0.484 e. The first-order valence-corrected chi connectivity index (χ1v) is 5.26. The van der Waals surface area contributed by atoms with Crippen LogP contribution < -0.4 is 4.74 Å². The lowest BCUT2D eigenvalue weighted by molar-refractivity contribution is -0.385. The zero-order valence-corrected chi connectivity index (χ0v) is 9.61. The molecule has 0 fully saturated rings. The van der Waals surface area contributed by atoms with E-state index in [1.165, 1.54) is 18.2 Å². The molecular weight excluding hydrogens is 257 g/mol. The molecule has 0 saturated heterocycles. The summed E-state index contributed by atoms with van der Waals surface area (Å²) in [6.07, 6.45) is -0.864. The largest absolute Gasteiger partial charge is 0.484 e. The van der Waals surface area contributed by atoms with E-state index in [9.17, 15) is 10.1 Å². The van der Waals surface area contributed by atoms with Crippen LogP contribution in [-0.2, 0) is 0 Å². The fourth-order valence-electron chi connectivity index (χ4n) is 0.986. The average molecular weight is 266 g/mol. The van der Waals surface area contributed by atoms with Crippen molar-refractivity contribution < 1.29 is 14.8 Å². The van der Waals surface area contributed by atoms with Crippen LogP contribution in [0.2, 0.25) is 5.02 Å². The summed E-state index contributed by atoms with van der Waals surface area (Å²) < 4.78 is 5.07. The number of ether oxygens (including phenoxy) is 1. The number of rotatable bonds is 5. The van der Waals surface area contributed by atoms with E-state index in [0.29, 0.717) is 0 Å². The molecule has 0 aliphatic rings. The average Bonchev–Trinajstić information content (AvgIpc) is 2.26. The van der Waals surface area contributed by atoms with Crippen LogP contribution in [0.3, 0.4) is 0 Å². The van der Waals surface area contributed by atoms with Gasteiger partial charge in [-0.2, -0.15) is 0 Å². The van der Waals surface area contributed by atoms with E-state index in [1.807, 2.05) is 0 Å². The van der Waals surface area contributed by atoms with Gasteiger partial charge >= 0.3 is 5.69 Å². The van der Waals surface area contributed by atoms with Gasteiger partial charge in [-0.3, -0.25) is 10.1 Å². The van der Waals surface area contributed by atoms with Gasteiger partial charge < -0.3 is 9.84 Å². The number of aliphatic hydroxyl groups excluding tert-OH is 1. The molecule has 1 atom stereocenters. The molecule has 0 heterocycles. The van der Waals surface area contributed by atoms with Crippen molar-refractivity contribution in [2.45, 2.75) is 6.10 Å². The number of hydrogen-bond acceptors (Lipinski definition) is 4.